The van der Waals surface area contributed by atoms with Crippen LogP contribution in [0.5, 0.6) is 0 Å². The number of rotatable bonds is 5. The van der Waals surface area contributed by atoms with E-state index in [-0.39, 0.29) is 17.7 Å². The quantitative estimate of drug-likeness (QED) is 0.704. The summed E-state index contributed by atoms with van der Waals surface area (Å²) in [6.45, 7) is 4.64. The molecule has 5 nitrogen and oxygen atoms in total. The number of nitrogens with one attached hydrogen (secondary N) is 3. The zero-order valence-electron chi connectivity index (χ0n) is 12.4. The molecule has 2 rings (SSSR count). The van der Waals surface area contributed by atoms with Gasteiger partial charge in [-0.25, -0.2) is 0 Å². The van der Waals surface area contributed by atoms with Crippen molar-refractivity contribution in [2.24, 2.45) is 5.92 Å². The van der Waals surface area contributed by atoms with Crippen molar-refractivity contribution in [1.82, 2.24) is 16.0 Å². The molecule has 1 atom stereocenters. The Morgan fingerprint density at radius 1 is 1.19 bits per heavy atom. The lowest BCUT2D eigenvalue weighted by Gasteiger charge is -2.21. The molecule has 21 heavy (non-hydrogen) atoms. The molecule has 2 amide bonds. The number of aryl methyl sites for hydroxylation is 1. The van der Waals surface area contributed by atoms with Crippen molar-refractivity contribution in [3.63, 3.8) is 0 Å². The van der Waals surface area contributed by atoms with Gasteiger partial charge in [0.15, 0.2) is 0 Å². The van der Waals surface area contributed by atoms with E-state index in [1.165, 1.54) is 0 Å². The minimum Gasteiger partial charge on any atom is -0.354 e. The van der Waals surface area contributed by atoms with Crippen LogP contribution in [0.1, 0.15) is 28.8 Å². The van der Waals surface area contributed by atoms with Crippen LogP contribution < -0.4 is 16.0 Å². The van der Waals surface area contributed by atoms with Crippen molar-refractivity contribution in [1.29, 1.82) is 0 Å². The van der Waals surface area contributed by atoms with Gasteiger partial charge < -0.3 is 16.0 Å². The lowest BCUT2D eigenvalue weighted by Crippen LogP contribution is -2.42. The number of benzene rings is 1. The highest BCUT2D eigenvalue weighted by Crippen LogP contribution is 2.09. The Morgan fingerprint density at radius 3 is 2.57 bits per heavy atom. The molecule has 0 radical (unpaired) electrons. The van der Waals surface area contributed by atoms with Gasteiger partial charge in [0.05, 0.1) is 5.92 Å². The van der Waals surface area contributed by atoms with E-state index >= 15 is 0 Å². The fraction of sp³-hybridized carbons (Fsp3) is 0.500. The fourth-order valence-corrected chi connectivity index (χ4v) is 2.39. The summed E-state index contributed by atoms with van der Waals surface area (Å²) in [6.07, 6.45) is 1.98. The smallest absolute Gasteiger partial charge is 0.251 e. The Balaban J connectivity index is 1.66. The molecule has 0 aliphatic carbocycles. The Hall–Kier alpha value is -1.88. The predicted octanol–water partition coefficient (Wildman–Crippen LogP) is 0.841. The molecule has 0 aromatic heterocycles. The maximum atomic E-state index is 11.9. The van der Waals surface area contributed by atoms with Gasteiger partial charge in [0.1, 0.15) is 0 Å². The summed E-state index contributed by atoms with van der Waals surface area (Å²) in [6, 6.07) is 7.42. The van der Waals surface area contributed by atoms with Crippen molar-refractivity contribution in [2.75, 3.05) is 26.2 Å². The van der Waals surface area contributed by atoms with E-state index in [2.05, 4.69) is 16.0 Å². The van der Waals surface area contributed by atoms with Gasteiger partial charge in [-0.2, -0.15) is 0 Å². The second-order valence-electron chi connectivity index (χ2n) is 5.46. The van der Waals surface area contributed by atoms with E-state index in [1.807, 2.05) is 19.1 Å². The van der Waals surface area contributed by atoms with Crippen LogP contribution in [0.3, 0.4) is 0 Å². The lowest BCUT2D eigenvalue weighted by atomic mass is 9.99. The third-order valence-electron chi connectivity index (χ3n) is 3.69. The predicted molar refractivity (Wildman–Crippen MR) is 82.1 cm³/mol. The van der Waals surface area contributed by atoms with Crippen molar-refractivity contribution in [3.8, 4) is 0 Å². The number of hydrogen-bond donors (Lipinski definition) is 3. The number of hydrogen-bond acceptors (Lipinski definition) is 3. The normalized spacial score (nSPS) is 18.0. The van der Waals surface area contributed by atoms with E-state index in [1.54, 1.807) is 12.1 Å². The topological polar surface area (TPSA) is 70.2 Å². The van der Waals surface area contributed by atoms with Gasteiger partial charge in [-0.15, -0.1) is 0 Å². The summed E-state index contributed by atoms with van der Waals surface area (Å²) in [5.74, 6) is 0.0296. The molecule has 1 aromatic carbocycles. The van der Waals surface area contributed by atoms with E-state index in [4.69, 9.17) is 0 Å². The first-order valence-electron chi connectivity index (χ1n) is 7.50. The van der Waals surface area contributed by atoms with Crippen molar-refractivity contribution >= 4 is 11.8 Å². The minimum absolute atomic E-state index is 0.0616. The number of amides is 2. The second kappa shape index (κ2) is 7.78. The average molecular weight is 289 g/mol. The van der Waals surface area contributed by atoms with Crippen LogP contribution >= 0.6 is 0 Å². The number of piperidine rings is 1. The van der Waals surface area contributed by atoms with Crippen molar-refractivity contribution < 1.29 is 9.59 Å². The van der Waals surface area contributed by atoms with Crippen molar-refractivity contribution in [3.05, 3.63) is 35.4 Å². The standard InChI is InChI=1S/C16H23N3O2/c1-12-4-6-13(7-5-12)15(20)18-9-10-19-16(21)14-3-2-8-17-11-14/h4-7,14,17H,2-3,8-11H2,1H3,(H,18,20)(H,19,21)/t14-/m0/s1. The largest absolute Gasteiger partial charge is 0.354 e. The first kappa shape index (κ1) is 15.5. The Bertz CT molecular complexity index is 479. The molecular weight excluding hydrogens is 266 g/mol. The molecule has 0 saturated carbocycles. The third-order valence-corrected chi connectivity index (χ3v) is 3.69. The van der Waals surface area contributed by atoms with Crippen LogP contribution in [0.2, 0.25) is 0 Å². The summed E-state index contributed by atoms with van der Waals surface area (Å²) >= 11 is 0. The van der Waals surface area contributed by atoms with Gasteiger partial charge in [-0.05, 0) is 38.4 Å². The first-order chi connectivity index (χ1) is 10.2. The highest BCUT2D eigenvalue weighted by Gasteiger charge is 2.20. The summed E-state index contributed by atoms with van der Waals surface area (Å²) in [7, 11) is 0. The molecule has 1 saturated heterocycles. The summed E-state index contributed by atoms with van der Waals surface area (Å²) < 4.78 is 0. The first-order valence-corrected chi connectivity index (χ1v) is 7.50. The van der Waals surface area contributed by atoms with Crippen LogP contribution in [-0.4, -0.2) is 38.0 Å². The second-order valence-corrected chi connectivity index (χ2v) is 5.46. The molecule has 1 aliphatic rings. The Labute approximate surface area is 125 Å². The molecule has 0 unspecified atom stereocenters. The summed E-state index contributed by atoms with van der Waals surface area (Å²) in [5, 5.41) is 8.90. The summed E-state index contributed by atoms with van der Waals surface area (Å²) in [4.78, 5) is 23.8. The zero-order chi connectivity index (χ0) is 15.1. The molecule has 114 valence electrons. The summed E-state index contributed by atoms with van der Waals surface area (Å²) in [5.41, 5.74) is 1.77. The molecule has 0 spiro atoms. The highest BCUT2D eigenvalue weighted by molar-refractivity contribution is 5.94. The van der Waals surface area contributed by atoms with Gasteiger partial charge in [0.2, 0.25) is 5.91 Å². The zero-order valence-corrected chi connectivity index (χ0v) is 12.4. The molecule has 1 aliphatic heterocycles. The van der Waals surface area contributed by atoms with Gasteiger partial charge in [0.25, 0.3) is 5.91 Å². The fourth-order valence-electron chi connectivity index (χ4n) is 2.39. The molecule has 1 aromatic rings. The van der Waals surface area contributed by atoms with Gasteiger partial charge in [-0.3, -0.25) is 9.59 Å². The van der Waals surface area contributed by atoms with Gasteiger partial charge in [0, 0.05) is 25.2 Å². The Kier molecular flexibility index (Phi) is 5.75. The number of carbonyl (C=O) groups excluding carboxylic acids is 2. The van der Waals surface area contributed by atoms with Crippen LogP contribution in [0, 0.1) is 12.8 Å². The van der Waals surface area contributed by atoms with Crippen molar-refractivity contribution in [2.45, 2.75) is 19.8 Å². The average Bonchev–Trinajstić information content (AvgIpc) is 2.52. The highest BCUT2D eigenvalue weighted by atomic mass is 16.2. The van der Waals surface area contributed by atoms with Crippen LogP contribution in [0.15, 0.2) is 24.3 Å². The maximum absolute atomic E-state index is 11.9. The number of carbonyl (C=O) groups is 2. The molecular formula is C16H23N3O2. The molecule has 0 bridgehead atoms. The molecule has 1 heterocycles. The van der Waals surface area contributed by atoms with Crippen LogP contribution in [0.4, 0.5) is 0 Å². The lowest BCUT2D eigenvalue weighted by molar-refractivity contribution is -0.125. The van der Waals surface area contributed by atoms with Crippen LogP contribution in [0.25, 0.3) is 0 Å². The van der Waals surface area contributed by atoms with Crippen LogP contribution in [-0.2, 0) is 4.79 Å². The maximum Gasteiger partial charge on any atom is 0.251 e. The van der Waals surface area contributed by atoms with E-state index in [0.717, 1.165) is 31.5 Å². The van der Waals surface area contributed by atoms with Gasteiger partial charge in [-0.1, -0.05) is 17.7 Å². The van der Waals surface area contributed by atoms with E-state index < -0.39 is 0 Å². The van der Waals surface area contributed by atoms with E-state index in [9.17, 15) is 9.59 Å². The third kappa shape index (κ3) is 4.86. The Morgan fingerprint density at radius 2 is 1.90 bits per heavy atom. The van der Waals surface area contributed by atoms with E-state index in [0.29, 0.717) is 18.7 Å². The van der Waals surface area contributed by atoms with Gasteiger partial charge >= 0.3 is 0 Å². The molecule has 5 heteroatoms. The SMILES string of the molecule is Cc1ccc(C(=O)NCCNC(=O)[C@H]2CCCNC2)cc1. The minimum atomic E-state index is -0.108. The molecule has 1 fully saturated rings. The monoisotopic (exact) mass is 289 g/mol. The molecule has 3 N–H and O–H groups in total.